The Hall–Kier alpha value is -6.63. The second-order valence-corrected chi connectivity index (χ2v) is 14.0. The molecule has 238 valence electrons. The van der Waals surface area contributed by atoms with Crippen molar-refractivity contribution in [1.29, 1.82) is 0 Å². The summed E-state index contributed by atoms with van der Waals surface area (Å²) >= 11 is 1.77. The number of fused-ring (bicyclic) bond motifs is 9. The molecule has 6 aromatic carbocycles. The molecule has 6 heteroatoms. The van der Waals surface area contributed by atoms with Gasteiger partial charge in [0.15, 0.2) is 0 Å². The minimum Gasteiger partial charge on any atom is -0.309 e. The Labute approximate surface area is 296 Å². The first-order chi connectivity index (χ1) is 25.3. The zero-order valence-corrected chi connectivity index (χ0v) is 28.0. The van der Waals surface area contributed by atoms with Crippen molar-refractivity contribution in [3.05, 3.63) is 164 Å². The van der Waals surface area contributed by atoms with Crippen molar-refractivity contribution in [3.63, 3.8) is 0 Å². The zero-order valence-electron chi connectivity index (χ0n) is 27.2. The predicted molar refractivity (Wildman–Crippen MR) is 212 cm³/mol. The average Bonchev–Trinajstić information content (AvgIpc) is 3.86. The van der Waals surface area contributed by atoms with Gasteiger partial charge in [0.25, 0.3) is 0 Å². The van der Waals surface area contributed by atoms with Gasteiger partial charge in [0, 0.05) is 71.9 Å². The van der Waals surface area contributed by atoms with Crippen LogP contribution in [0.25, 0.3) is 97.5 Å². The summed E-state index contributed by atoms with van der Waals surface area (Å²) < 4.78 is 6.99. The van der Waals surface area contributed by atoms with Crippen molar-refractivity contribution in [1.82, 2.24) is 24.3 Å². The molecule has 0 aliphatic rings. The normalized spacial score (nSPS) is 11.9. The van der Waals surface area contributed by atoms with Gasteiger partial charge in [0.05, 0.1) is 33.0 Å². The van der Waals surface area contributed by atoms with Crippen molar-refractivity contribution in [2.75, 3.05) is 0 Å². The maximum absolute atomic E-state index is 4.77. The lowest BCUT2D eigenvalue weighted by molar-refractivity contribution is 1.06. The number of pyridine rings is 1. The van der Waals surface area contributed by atoms with Crippen molar-refractivity contribution in [3.8, 4) is 33.8 Å². The highest BCUT2D eigenvalue weighted by Crippen LogP contribution is 2.44. The van der Waals surface area contributed by atoms with E-state index in [1.54, 1.807) is 11.3 Å². The summed E-state index contributed by atoms with van der Waals surface area (Å²) in [5.41, 5.74) is 11.2. The Kier molecular flexibility index (Phi) is 6.05. The number of thiophene rings is 1. The fourth-order valence-corrected chi connectivity index (χ4v) is 9.17. The van der Waals surface area contributed by atoms with Crippen LogP contribution in [0.4, 0.5) is 0 Å². The minimum absolute atomic E-state index is 0.888. The average molecular weight is 670 g/mol. The van der Waals surface area contributed by atoms with Gasteiger partial charge in [0.2, 0.25) is 0 Å². The lowest BCUT2D eigenvalue weighted by Crippen LogP contribution is -1.93. The fourth-order valence-electron chi connectivity index (χ4n) is 7.89. The molecule has 0 radical (unpaired) electrons. The molecule has 5 aromatic heterocycles. The largest absolute Gasteiger partial charge is 0.309 e. The Morgan fingerprint density at radius 1 is 0.412 bits per heavy atom. The summed E-state index contributed by atoms with van der Waals surface area (Å²) in [6.45, 7) is 0. The number of rotatable bonds is 4. The summed E-state index contributed by atoms with van der Waals surface area (Å²) in [5.74, 6) is 0. The third-order valence-electron chi connectivity index (χ3n) is 10.2. The van der Waals surface area contributed by atoms with Gasteiger partial charge in [-0.15, -0.1) is 16.4 Å². The summed E-state index contributed by atoms with van der Waals surface area (Å²) in [4.78, 5) is 4.77. The summed E-state index contributed by atoms with van der Waals surface area (Å²) in [6.07, 6.45) is 5.86. The maximum Gasteiger partial charge on any atom is 0.111 e. The predicted octanol–water partition coefficient (Wildman–Crippen LogP) is 11.8. The molecule has 51 heavy (non-hydrogen) atoms. The van der Waals surface area contributed by atoms with Crippen LogP contribution in [0.5, 0.6) is 0 Å². The van der Waals surface area contributed by atoms with E-state index in [0.717, 1.165) is 54.7 Å². The smallest absolute Gasteiger partial charge is 0.111 e. The lowest BCUT2D eigenvalue weighted by Gasteiger charge is -2.08. The van der Waals surface area contributed by atoms with Gasteiger partial charge in [-0.05, 0) is 66.2 Å². The van der Waals surface area contributed by atoms with Gasteiger partial charge in [-0.3, -0.25) is 4.98 Å². The molecule has 0 spiro atoms. The molecule has 5 nitrogen and oxygen atoms in total. The Balaban J connectivity index is 1.10. The van der Waals surface area contributed by atoms with Crippen LogP contribution in [0.3, 0.4) is 0 Å². The molecule has 0 aliphatic heterocycles. The van der Waals surface area contributed by atoms with Crippen molar-refractivity contribution < 1.29 is 0 Å². The van der Waals surface area contributed by atoms with Crippen LogP contribution < -0.4 is 0 Å². The number of benzene rings is 6. The van der Waals surface area contributed by atoms with Crippen molar-refractivity contribution >= 4 is 75.1 Å². The van der Waals surface area contributed by atoms with Gasteiger partial charge in [-0.1, -0.05) is 84.9 Å². The highest BCUT2D eigenvalue weighted by atomic mass is 32.1. The minimum atomic E-state index is 0.888. The molecule has 0 atom stereocenters. The Bertz CT molecular complexity index is 2920. The highest BCUT2D eigenvalue weighted by Gasteiger charge is 2.19. The standard InChI is InChI=1S/C45H27N5S/c1-3-11-30(12-4-1)49-39-17-9-7-15-32(39)34-23-28(19-21-41(34)49)36-25-46-26-37-38-27-47-48-43(45(38)51-44(36)37)29-20-22-42-35(24-29)33-16-8-10-18-40(33)50(42)31-13-5-2-6-14-31/h1-27H. The summed E-state index contributed by atoms with van der Waals surface area (Å²) in [6, 6.07) is 51.9. The third-order valence-corrected chi connectivity index (χ3v) is 11.4. The third kappa shape index (κ3) is 4.17. The number of nitrogens with zero attached hydrogens (tertiary/aromatic N) is 5. The molecule has 5 heterocycles. The topological polar surface area (TPSA) is 48.5 Å². The molecular formula is C45H27N5S. The van der Waals surface area contributed by atoms with Crippen molar-refractivity contribution in [2.45, 2.75) is 0 Å². The fraction of sp³-hybridized carbons (Fsp3) is 0. The van der Waals surface area contributed by atoms with Crippen LogP contribution in [0, 0.1) is 0 Å². The molecular weight excluding hydrogens is 643 g/mol. The van der Waals surface area contributed by atoms with Crippen LogP contribution in [0.15, 0.2) is 164 Å². The maximum atomic E-state index is 4.77. The van der Waals surface area contributed by atoms with Crippen LogP contribution in [-0.2, 0) is 0 Å². The summed E-state index contributed by atoms with van der Waals surface area (Å²) in [5, 5.41) is 16.3. The van der Waals surface area contributed by atoms with Gasteiger partial charge >= 0.3 is 0 Å². The Morgan fingerprint density at radius 2 is 0.941 bits per heavy atom. The molecule has 0 saturated heterocycles. The molecule has 0 bridgehead atoms. The van der Waals surface area contributed by atoms with E-state index < -0.39 is 0 Å². The second-order valence-electron chi connectivity index (χ2n) is 12.9. The van der Waals surface area contributed by atoms with Crippen LogP contribution >= 0.6 is 11.3 Å². The van der Waals surface area contributed by atoms with E-state index in [1.807, 2.05) is 18.6 Å². The van der Waals surface area contributed by atoms with E-state index in [0.29, 0.717) is 0 Å². The zero-order chi connectivity index (χ0) is 33.5. The van der Waals surface area contributed by atoms with Gasteiger partial charge in [-0.2, -0.15) is 5.10 Å². The number of para-hydroxylation sites is 4. The lowest BCUT2D eigenvalue weighted by atomic mass is 10.0. The van der Waals surface area contributed by atoms with Crippen LogP contribution in [-0.4, -0.2) is 24.3 Å². The van der Waals surface area contributed by atoms with Crippen molar-refractivity contribution in [2.24, 2.45) is 0 Å². The summed E-state index contributed by atoms with van der Waals surface area (Å²) in [7, 11) is 0. The van der Waals surface area contributed by atoms with Gasteiger partial charge in [0.1, 0.15) is 5.69 Å². The highest BCUT2D eigenvalue weighted by molar-refractivity contribution is 7.26. The molecule has 0 aliphatic carbocycles. The quantitative estimate of drug-likeness (QED) is 0.187. The van der Waals surface area contributed by atoms with E-state index >= 15 is 0 Å². The molecule has 0 fully saturated rings. The number of aromatic nitrogens is 5. The SMILES string of the molecule is c1ccc(-n2c3ccccc3c3cc(-c4cncc5c4sc4c(-c6ccc7c(c6)c6ccccc6n7-c6ccccc6)nncc45)ccc32)cc1. The molecule has 0 amide bonds. The molecule has 0 N–H and O–H groups in total. The molecule has 11 rings (SSSR count). The molecule has 0 unspecified atom stereocenters. The van der Waals surface area contributed by atoms with E-state index in [-0.39, 0.29) is 0 Å². The monoisotopic (exact) mass is 669 g/mol. The van der Waals surface area contributed by atoms with E-state index in [9.17, 15) is 0 Å². The second kappa shape index (κ2) is 10.9. The molecule has 11 aromatic rings. The first kappa shape index (κ1) is 28.2. The molecule has 0 saturated carbocycles. The Morgan fingerprint density at radius 3 is 1.59 bits per heavy atom. The van der Waals surface area contributed by atoms with E-state index in [2.05, 4.69) is 160 Å². The van der Waals surface area contributed by atoms with Gasteiger partial charge < -0.3 is 9.13 Å². The van der Waals surface area contributed by atoms with E-state index in [4.69, 9.17) is 10.1 Å². The van der Waals surface area contributed by atoms with Crippen LogP contribution in [0.1, 0.15) is 0 Å². The van der Waals surface area contributed by atoms with Crippen LogP contribution in [0.2, 0.25) is 0 Å². The van der Waals surface area contributed by atoms with E-state index in [1.165, 1.54) is 42.8 Å². The number of hydrogen-bond acceptors (Lipinski definition) is 4. The van der Waals surface area contributed by atoms with Gasteiger partial charge in [-0.25, -0.2) is 0 Å². The first-order valence-corrected chi connectivity index (χ1v) is 17.8. The first-order valence-electron chi connectivity index (χ1n) is 17.0. The number of hydrogen-bond donors (Lipinski definition) is 0.